The molecule has 0 aliphatic heterocycles. The van der Waals surface area contributed by atoms with E-state index in [9.17, 15) is 28.8 Å². The first-order chi connectivity index (χ1) is 26.3. The van der Waals surface area contributed by atoms with Gasteiger partial charge in [0.15, 0.2) is 0 Å². The van der Waals surface area contributed by atoms with E-state index >= 15 is 0 Å². The Labute approximate surface area is 314 Å². The summed E-state index contributed by atoms with van der Waals surface area (Å²) in [6, 6.07) is 16.9. The number of nitrogens with two attached hydrogens (primary N) is 1. The molecular formula is C36H52N6O12. The molecule has 2 aromatic carbocycles. The molecule has 2 rings (SSSR count). The third-order valence-electron chi connectivity index (χ3n) is 6.94. The summed E-state index contributed by atoms with van der Waals surface area (Å²) in [5, 5.41) is 12.3. The van der Waals surface area contributed by atoms with E-state index in [1.807, 2.05) is 30.3 Å². The van der Waals surface area contributed by atoms with E-state index in [1.165, 1.54) is 0 Å². The molecule has 54 heavy (non-hydrogen) atoms. The third-order valence-corrected chi connectivity index (χ3v) is 6.94. The van der Waals surface area contributed by atoms with E-state index < -0.39 is 54.6 Å². The lowest BCUT2D eigenvalue weighted by atomic mass is 10.1. The zero-order chi connectivity index (χ0) is 39.1. The van der Waals surface area contributed by atoms with Gasteiger partial charge in [-0.05, 0) is 11.1 Å². The van der Waals surface area contributed by atoms with Gasteiger partial charge in [-0.1, -0.05) is 60.7 Å². The molecule has 298 valence electrons. The number of ether oxygens (including phenoxy) is 6. The van der Waals surface area contributed by atoms with Crippen LogP contribution in [-0.2, 0) is 70.2 Å². The van der Waals surface area contributed by atoms with Gasteiger partial charge in [-0.15, -0.1) is 0 Å². The smallest absolute Gasteiger partial charge is 0.332 e. The number of hydrogen-bond acceptors (Lipinski definition) is 13. The molecule has 0 unspecified atom stereocenters. The van der Waals surface area contributed by atoms with Gasteiger partial charge >= 0.3 is 5.97 Å². The van der Waals surface area contributed by atoms with Crippen molar-refractivity contribution >= 4 is 35.5 Å². The van der Waals surface area contributed by atoms with Crippen LogP contribution in [0.3, 0.4) is 0 Å². The Hall–Kier alpha value is -4.98. The monoisotopic (exact) mass is 760 g/mol. The number of esters is 1. The minimum atomic E-state index is -1.08. The van der Waals surface area contributed by atoms with Gasteiger partial charge in [0.1, 0.15) is 26.0 Å². The Morgan fingerprint density at radius 3 is 1.70 bits per heavy atom. The van der Waals surface area contributed by atoms with Crippen molar-refractivity contribution in [3.8, 4) is 0 Å². The van der Waals surface area contributed by atoms with Gasteiger partial charge in [0.2, 0.25) is 29.5 Å². The quantitative estimate of drug-likeness (QED) is 0.0296. The van der Waals surface area contributed by atoms with Crippen LogP contribution in [0, 0.1) is 0 Å². The number of carbonyl (C=O) groups excluding carboxylic acids is 6. The first-order valence-electron chi connectivity index (χ1n) is 17.5. The molecule has 0 bridgehead atoms. The summed E-state index contributed by atoms with van der Waals surface area (Å²) in [5.74, 6) is -3.55. The van der Waals surface area contributed by atoms with E-state index in [0.29, 0.717) is 46.2 Å². The van der Waals surface area contributed by atoms with Crippen molar-refractivity contribution in [1.82, 2.24) is 26.6 Å². The molecule has 18 heteroatoms. The Morgan fingerprint density at radius 1 is 0.556 bits per heavy atom. The van der Waals surface area contributed by atoms with E-state index in [1.54, 1.807) is 30.3 Å². The van der Waals surface area contributed by atoms with Crippen molar-refractivity contribution in [2.24, 2.45) is 5.73 Å². The van der Waals surface area contributed by atoms with Crippen molar-refractivity contribution in [1.29, 1.82) is 0 Å². The summed E-state index contributed by atoms with van der Waals surface area (Å²) < 4.78 is 31.4. The van der Waals surface area contributed by atoms with Crippen LogP contribution >= 0.6 is 0 Å². The highest BCUT2D eigenvalue weighted by molar-refractivity contribution is 5.92. The zero-order valence-electron chi connectivity index (χ0n) is 30.3. The molecular weight excluding hydrogens is 708 g/mol. The molecule has 0 saturated carbocycles. The van der Waals surface area contributed by atoms with E-state index in [4.69, 9.17) is 34.2 Å². The standard InChI is InChI=1S/C36H52N6O12/c37-12-14-50-16-18-52-20-19-51-17-15-49-13-11-31(43)38-22-32(44)39-24-34(46)42-30(21-28-7-3-1-4-8-28)36(48)40-23-33(45)41-27-53-26-35(47)54-25-29-9-5-2-6-10-29/h1-10,30H,11-27,37H2,(H,38,43)(H,39,44)(H,40,48)(H,41,45)(H,42,46)/t30-/m0/s1. The van der Waals surface area contributed by atoms with Gasteiger partial charge in [-0.25, -0.2) is 4.79 Å². The van der Waals surface area contributed by atoms with Crippen LogP contribution in [0.1, 0.15) is 17.5 Å². The molecule has 0 fully saturated rings. The molecule has 18 nitrogen and oxygen atoms in total. The average molecular weight is 761 g/mol. The number of hydrogen-bond donors (Lipinski definition) is 6. The average Bonchev–Trinajstić information content (AvgIpc) is 3.18. The lowest BCUT2D eigenvalue weighted by Crippen LogP contribution is -2.52. The molecule has 2 aromatic rings. The predicted molar refractivity (Wildman–Crippen MR) is 193 cm³/mol. The number of carbonyl (C=O) groups is 6. The van der Waals surface area contributed by atoms with Crippen LogP contribution in [0.25, 0.3) is 0 Å². The Kier molecular flexibility index (Phi) is 24.7. The SMILES string of the molecule is NCCOCCOCCOCCOCCC(=O)NCC(=O)NCC(=O)N[C@@H](Cc1ccccc1)C(=O)NCC(=O)NCOCC(=O)OCc1ccccc1. The summed E-state index contributed by atoms with van der Waals surface area (Å²) in [4.78, 5) is 74.0. The zero-order valence-corrected chi connectivity index (χ0v) is 30.3. The van der Waals surface area contributed by atoms with Gasteiger partial charge in [-0.3, -0.25) is 24.0 Å². The van der Waals surface area contributed by atoms with Gasteiger partial charge in [0, 0.05) is 19.4 Å². The minimum Gasteiger partial charge on any atom is -0.459 e. The lowest BCUT2D eigenvalue weighted by Gasteiger charge is -2.19. The second-order valence-electron chi connectivity index (χ2n) is 11.3. The van der Waals surface area contributed by atoms with Crippen LogP contribution in [0.5, 0.6) is 0 Å². The highest BCUT2D eigenvalue weighted by Crippen LogP contribution is 2.04. The fraction of sp³-hybridized carbons (Fsp3) is 0.500. The van der Waals surface area contributed by atoms with Crippen molar-refractivity contribution in [2.75, 3.05) is 92.4 Å². The topological polar surface area (TPSA) is 244 Å². The van der Waals surface area contributed by atoms with Gasteiger partial charge in [0.25, 0.3) is 0 Å². The molecule has 0 aliphatic carbocycles. The first-order valence-corrected chi connectivity index (χ1v) is 17.5. The summed E-state index contributed by atoms with van der Waals surface area (Å²) in [5.41, 5.74) is 6.88. The number of benzene rings is 2. The molecule has 0 saturated heterocycles. The molecule has 0 spiro atoms. The van der Waals surface area contributed by atoms with Crippen molar-refractivity contribution in [3.63, 3.8) is 0 Å². The second kappa shape index (κ2) is 29.5. The van der Waals surface area contributed by atoms with Crippen LogP contribution in [0.2, 0.25) is 0 Å². The highest BCUT2D eigenvalue weighted by atomic mass is 16.6. The predicted octanol–water partition coefficient (Wildman–Crippen LogP) is -1.69. The molecule has 0 aliphatic rings. The highest BCUT2D eigenvalue weighted by Gasteiger charge is 2.22. The van der Waals surface area contributed by atoms with Crippen LogP contribution in [-0.4, -0.2) is 134 Å². The van der Waals surface area contributed by atoms with Crippen molar-refractivity contribution in [3.05, 3.63) is 71.8 Å². The fourth-order valence-corrected chi connectivity index (χ4v) is 4.22. The van der Waals surface area contributed by atoms with E-state index in [-0.39, 0.29) is 52.5 Å². The normalized spacial score (nSPS) is 11.2. The maximum atomic E-state index is 13.0. The van der Waals surface area contributed by atoms with Crippen LogP contribution < -0.4 is 32.3 Å². The summed E-state index contributed by atoms with van der Waals surface area (Å²) in [7, 11) is 0. The minimum absolute atomic E-state index is 0.0187. The summed E-state index contributed by atoms with van der Waals surface area (Å²) in [6.45, 7) is 1.57. The van der Waals surface area contributed by atoms with E-state index in [0.717, 1.165) is 11.1 Å². The number of amides is 5. The number of rotatable bonds is 30. The molecule has 0 aromatic heterocycles. The third kappa shape index (κ3) is 23.6. The molecule has 0 heterocycles. The van der Waals surface area contributed by atoms with Crippen molar-refractivity contribution < 1.29 is 57.2 Å². The van der Waals surface area contributed by atoms with Gasteiger partial charge in [-0.2, -0.15) is 0 Å². The van der Waals surface area contributed by atoms with Gasteiger partial charge in [0.05, 0.1) is 72.5 Å². The van der Waals surface area contributed by atoms with Crippen LogP contribution in [0.15, 0.2) is 60.7 Å². The molecule has 7 N–H and O–H groups in total. The largest absolute Gasteiger partial charge is 0.459 e. The van der Waals surface area contributed by atoms with Gasteiger partial charge < -0.3 is 60.7 Å². The molecule has 5 amide bonds. The maximum Gasteiger partial charge on any atom is 0.332 e. The second-order valence-corrected chi connectivity index (χ2v) is 11.3. The molecule has 0 radical (unpaired) electrons. The Morgan fingerprint density at radius 2 is 1.07 bits per heavy atom. The summed E-state index contributed by atoms with van der Waals surface area (Å²) in [6.07, 6.45) is 0.123. The Balaban J connectivity index is 1.60. The number of nitrogens with one attached hydrogen (secondary N) is 5. The lowest BCUT2D eigenvalue weighted by molar-refractivity contribution is -0.151. The van der Waals surface area contributed by atoms with Crippen LogP contribution in [0.4, 0.5) is 0 Å². The molecule has 1 atom stereocenters. The fourth-order valence-electron chi connectivity index (χ4n) is 4.22. The maximum absolute atomic E-state index is 13.0. The Bertz CT molecular complexity index is 1390. The van der Waals surface area contributed by atoms with E-state index in [2.05, 4.69) is 26.6 Å². The van der Waals surface area contributed by atoms with Crippen molar-refractivity contribution in [2.45, 2.75) is 25.5 Å². The first kappa shape index (κ1) is 45.2. The summed E-state index contributed by atoms with van der Waals surface area (Å²) >= 11 is 0.